The molecule has 4 rings (SSSR count). The summed E-state index contributed by atoms with van der Waals surface area (Å²) in [6.07, 6.45) is 5.01. The molecule has 1 aromatic heterocycles. The van der Waals surface area contributed by atoms with Crippen LogP contribution in [0.25, 0.3) is 5.69 Å². The normalized spacial score (nSPS) is 15.9. The molecule has 2 aromatic carbocycles. The van der Waals surface area contributed by atoms with Crippen LogP contribution in [0.1, 0.15) is 36.2 Å². The highest BCUT2D eigenvalue weighted by Gasteiger charge is 2.21. The van der Waals surface area contributed by atoms with Gasteiger partial charge in [-0.25, -0.2) is 0 Å². The Balaban J connectivity index is 1.28. The molecule has 0 saturated carbocycles. The number of aromatic nitrogens is 4. The first kappa shape index (κ1) is 17.9. The first-order valence-electron chi connectivity index (χ1n) is 9.88. The van der Waals surface area contributed by atoms with Crippen molar-refractivity contribution in [3.8, 4) is 5.69 Å². The summed E-state index contributed by atoms with van der Waals surface area (Å²) in [5.41, 5.74) is 3.82. The quantitative estimate of drug-likeness (QED) is 0.670. The van der Waals surface area contributed by atoms with E-state index in [9.17, 15) is 0 Å². The highest BCUT2D eigenvalue weighted by molar-refractivity contribution is 5.30. The summed E-state index contributed by atoms with van der Waals surface area (Å²) in [6, 6.07) is 19.1. The first-order chi connectivity index (χ1) is 13.3. The summed E-state index contributed by atoms with van der Waals surface area (Å²) in [5, 5.41) is 12.3. The molecular formula is C22H27N5. The van der Waals surface area contributed by atoms with Crippen LogP contribution < -0.4 is 0 Å². The second-order valence-electron chi connectivity index (χ2n) is 7.59. The highest BCUT2D eigenvalue weighted by Crippen LogP contribution is 2.23. The molecule has 1 aliphatic heterocycles. The Labute approximate surface area is 161 Å². The molecule has 0 bridgehead atoms. The molecule has 3 aromatic rings. The van der Waals surface area contributed by atoms with Gasteiger partial charge in [-0.05, 0) is 79.7 Å². The minimum Gasteiger partial charge on any atom is -0.296 e. The molecule has 1 saturated heterocycles. The fourth-order valence-electron chi connectivity index (χ4n) is 3.83. The Morgan fingerprint density at radius 2 is 1.70 bits per heavy atom. The van der Waals surface area contributed by atoms with Crippen LogP contribution in [0.4, 0.5) is 0 Å². The van der Waals surface area contributed by atoms with Crippen LogP contribution in [0.3, 0.4) is 0 Å². The van der Waals surface area contributed by atoms with Crippen molar-refractivity contribution in [2.24, 2.45) is 5.92 Å². The van der Waals surface area contributed by atoms with Crippen molar-refractivity contribution in [3.63, 3.8) is 0 Å². The van der Waals surface area contributed by atoms with E-state index in [0.29, 0.717) is 0 Å². The lowest BCUT2D eigenvalue weighted by atomic mass is 9.90. The molecule has 2 heterocycles. The van der Waals surface area contributed by atoms with Crippen molar-refractivity contribution in [1.29, 1.82) is 0 Å². The number of nitrogens with zero attached hydrogens (tertiary/aromatic N) is 5. The van der Waals surface area contributed by atoms with Gasteiger partial charge in [0.25, 0.3) is 0 Å². The average molecular weight is 361 g/mol. The Morgan fingerprint density at radius 3 is 2.44 bits per heavy atom. The molecule has 0 unspecified atom stereocenters. The topological polar surface area (TPSA) is 46.8 Å². The monoisotopic (exact) mass is 361 g/mol. The van der Waals surface area contributed by atoms with Gasteiger partial charge in [0.2, 0.25) is 0 Å². The third-order valence-corrected chi connectivity index (χ3v) is 5.57. The van der Waals surface area contributed by atoms with Crippen molar-refractivity contribution in [2.75, 3.05) is 13.1 Å². The number of hydrogen-bond acceptors (Lipinski definition) is 4. The fraction of sp³-hybridized carbons (Fsp3) is 0.409. The number of piperidine rings is 1. The molecule has 140 valence electrons. The van der Waals surface area contributed by atoms with Crippen molar-refractivity contribution < 1.29 is 0 Å². The van der Waals surface area contributed by atoms with Crippen LogP contribution in [0.5, 0.6) is 0 Å². The van der Waals surface area contributed by atoms with Gasteiger partial charge in [-0.2, -0.15) is 4.68 Å². The van der Waals surface area contributed by atoms with Gasteiger partial charge in [-0.1, -0.05) is 48.0 Å². The van der Waals surface area contributed by atoms with Crippen molar-refractivity contribution in [2.45, 2.75) is 39.2 Å². The van der Waals surface area contributed by atoms with E-state index in [2.05, 4.69) is 51.6 Å². The lowest BCUT2D eigenvalue weighted by molar-refractivity contribution is 0.168. The number of likely N-dealkylation sites (tertiary alicyclic amines) is 1. The zero-order chi connectivity index (χ0) is 18.5. The molecular weight excluding hydrogens is 334 g/mol. The van der Waals surface area contributed by atoms with E-state index in [1.807, 2.05) is 35.0 Å². The van der Waals surface area contributed by atoms with Crippen LogP contribution in [-0.4, -0.2) is 38.2 Å². The van der Waals surface area contributed by atoms with E-state index in [-0.39, 0.29) is 0 Å². The van der Waals surface area contributed by atoms with Crippen LogP contribution in [0, 0.1) is 12.8 Å². The van der Waals surface area contributed by atoms with Gasteiger partial charge in [0, 0.05) is 0 Å². The summed E-state index contributed by atoms with van der Waals surface area (Å²) >= 11 is 0. The average Bonchev–Trinajstić information content (AvgIpc) is 3.17. The Bertz CT molecular complexity index is 833. The summed E-state index contributed by atoms with van der Waals surface area (Å²) in [5.74, 6) is 1.74. The van der Waals surface area contributed by atoms with Gasteiger partial charge < -0.3 is 0 Å². The SMILES string of the molecule is Cc1ccc(CCC2CCN(Cc3nnnn3-c3ccccc3)CC2)cc1. The molecule has 0 spiro atoms. The van der Waals surface area contributed by atoms with Gasteiger partial charge in [0.05, 0.1) is 12.2 Å². The summed E-state index contributed by atoms with van der Waals surface area (Å²) in [6.45, 7) is 5.21. The smallest absolute Gasteiger partial charge is 0.170 e. The highest BCUT2D eigenvalue weighted by atomic mass is 15.5. The molecule has 0 N–H and O–H groups in total. The Hall–Kier alpha value is -2.53. The number of rotatable bonds is 6. The van der Waals surface area contributed by atoms with E-state index < -0.39 is 0 Å². The number of tetrazole rings is 1. The van der Waals surface area contributed by atoms with E-state index in [1.165, 1.54) is 36.8 Å². The number of aryl methyl sites for hydroxylation is 2. The van der Waals surface area contributed by atoms with Gasteiger partial charge in [0.1, 0.15) is 0 Å². The minimum atomic E-state index is 0.812. The number of hydrogen-bond donors (Lipinski definition) is 0. The zero-order valence-electron chi connectivity index (χ0n) is 16.0. The third-order valence-electron chi connectivity index (χ3n) is 5.57. The van der Waals surface area contributed by atoms with Gasteiger partial charge >= 0.3 is 0 Å². The van der Waals surface area contributed by atoms with Crippen LogP contribution in [-0.2, 0) is 13.0 Å². The maximum atomic E-state index is 4.25. The Morgan fingerprint density at radius 1 is 0.963 bits per heavy atom. The van der Waals surface area contributed by atoms with E-state index in [1.54, 1.807) is 0 Å². The van der Waals surface area contributed by atoms with Gasteiger partial charge in [0.15, 0.2) is 5.82 Å². The lowest BCUT2D eigenvalue weighted by Crippen LogP contribution is -2.34. The zero-order valence-corrected chi connectivity index (χ0v) is 16.0. The maximum Gasteiger partial charge on any atom is 0.170 e. The maximum absolute atomic E-state index is 4.25. The third kappa shape index (κ3) is 4.61. The fourth-order valence-corrected chi connectivity index (χ4v) is 3.83. The molecule has 0 radical (unpaired) electrons. The molecule has 1 fully saturated rings. The van der Waals surface area contributed by atoms with E-state index >= 15 is 0 Å². The largest absolute Gasteiger partial charge is 0.296 e. The van der Waals surface area contributed by atoms with Crippen molar-refractivity contribution in [1.82, 2.24) is 25.1 Å². The number of para-hydroxylation sites is 1. The lowest BCUT2D eigenvalue weighted by Gasteiger charge is -2.31. The molecule has 0 atom stereocenters. The van der Waals surface area contributed by atoms with Crippen LogP contribution in [0.2, 0.25) is 0 Å². The van der Waals surface area contributed by atoms with Crippen molar-refractivity contribution >= 4 is 0 Å². The molecule has 27 heavy (non-hydrogen) atoms. The second kappa shape index (κ2) is 8.44. The standard InChI is InChI=1S/C22H27N5/c1-18-7-9-19(10-8-18)11-12-20-13-15-26(16-14-20)17-22-23-24-25-27(22)21-5-3-2-4-6-21/h2-10,20H,11-17H2,1H3. The predicted molar refractivity (Wildman–Crippen MR) is 107 cm³/mol. The van der Waals surface area contributed by atoms with Gasteiger partial charge in [-0.15, -0.1) is 5.10 Å². The van der Waals surface area contributed by atoms with Crippen LogP contribution in [0.15, 0.2) is 54.6 Å². The van der Waals surface area contributed by atoms with E-state index in [0.717, 1.165) is 37.1 Å². The van der Waals surface area contributed by atoms with E-state index in [4.69, 9.17) is 0 Å². The summed E-state index contributed by atoms with van der Waals surface area (Å²) in [4.78, 5) is 2.48. The summed E-state index contributed by atoms with van der Waals surface area (Å²) < 4.78 is 1.85. The number of benzene rings is 2. The molecule has 0 aliphatic carbocycles. The first-order valence-corrected chi connectivity index (χ1v) is 9.88. The molecule has 5 heteroatoms. The molecule has 1 aliphatic rings. The molecule has 0 amide bonds. The second-order valence-corrected chi connectivity index (χ2v) is 7.59. The Kier molecular flexibility index (Phi) is 5.58. The molecule has 5 nitrogen and oxygen atoms in total. The predicted octanol–water partition coefficient (Wildman–Crippen LogP) is 3.82. The minimum absolute atomic E-state index is 0.812. The summed E-state index contributed by atoms with van der Waals surface area (Å²) in [7, 11) is 0. The van der Waals surface area contributed by atoms with Crippen LogP contribution >= 0.6 is 0 Å². The van der Waals surface area contributed by atoms with Gasteiger partial charge in [-0.3, -0.25) is 4.90 Å². The van der Waals surface area contributed by atoms with Crippen molar-refractivity contribution in [3.05, 3.63) is 71.5 Å².